The van der Waals surface area contributed by atoms with E-state index < -0.39 is 4.92 Å². The Hall–Kier alpha value is -2.35. The summed E-state index contributed by atoms with van der Waals surface area (Å²) in [4.78, 5) is 15.1. The number of nitrogens with zero attached hydrogens (tertiary/aromatic N) is 4. The highest BCUT2D eigenvalue weighted by Crippen LogP contribution is 2.30. The highest BCUT2D eigenvalue weighted by Gasteiger charge is 2.24. The maximum atomic E-state index is 11.3. The summed E-state index contributed by atoms with van der Waals surface area (Å²) >= 11 is 0. The van der Waals surface area contributed by atoms with Crippen molar-refractivity contribution < 1.29 is 10.1 Å². The van der Waals surface area contributed by atoms with E-state index in [2.05, 4.69) is 17.0 Å². The molecule has 0 spiro atoms. The van der Waals surface area contributed by atoms with E-state index in [1.807, 2.05) is 4.90 Å². The zero-order chi connectivity index (χ0) is 15.4. The van der Waals surface area contributed by atoms with Crippen LogP contribution >= 0.6 is 0 Å². The van der Waals surface area contributed by atoms with Gasteiger partial charge in [0.2, 0.25) is 0 Å². The van der Waals surface area contributed by atoms with Crippen molar-refractivity contribution in [1.29, 1.82) is 0 Å². The number of rotatable bonds is 4. The number of nitro benzene ring substituents is 1. The van der Waals surface area contributed by atoms with Crippen LogP contribution in [0, 0.1) is 10.1 Å². The van der Waals surface area contributed by atoms with Crippen LogP contribution in [-0.4, -0.2) is 53.6 Å². The molecule has 1 fully saturated rings. The van der Waals surface area contributed by atoms with E-state index in [0.29, 0.717) is 11.3 Å². The average molecular weight is 293 g/mol. The molecule has 21 heavy (non-hydrogen) atoms. The summed E-state index contributed by atoms with van der Waals surface area (Å²) in [5.74, 6) is -0.138. The van der Waals surface area contributed by atoms with Crippen molar-refractivity contribution in [2.24, 2.45) is 10.9 Å². The van der Waals surface area contributed by atoms with Gasteiger partial charge in [0.1, 0.15) is 5.69 Å². The van der Waals surface area contributed by atoms with Gasteiger partial charge in [0.15, 0.2) is 5.84 Å². The Kier molecular flexibility index (Phi) is 4.59. The highest BCUT2D eigenvalue weighted by molar-refractivity contribution is 5.98. The van der Waals surface area contributed by atoms with Crippen molar-refractivity contribution in [1.82, 2.24) is 4.90 Å². The van der Waals surface area contributed by atoms with Crippen LogP contribution in [0.3, 0.4) is 0 Å². The standard InChI is InChI=1S/C13H19N5O3/c1-2-16-5-7-17(8-6-16)11-4-3-10(13(14)15-19)9-12(11)18(20)21/h3-4,9,19H,2,5-8H2,1H3,(H2,14,15). The number of hydrogen-bond donors (Lipinski definition) is 2. The van der Waals surface area contributed by atoms with Gasteiger partial charge in [-0.1, -0.05) is 12.1 Å². The van der Waals surface area contributed by atoms with Crippen molar-refractivity contribution in [3.05, 3.63) is 33.9 Å². The fourth-order valence-corrected chi connectivity index (χ4v) is 2.46. The van der Waals surface area contributed by atoms with Crippen LogP contribution in [0.1, 0.15) is 12.5 Å². The van der Waals surface area contributed by atoms with E-state index >= 15 is 0 Å². The minimum Gasteiger partial charge on any atom is -0.409 e. The fraction of sp³-hybridized carbons (Fsp3) is 0.462. The molecular formula is C13H19N5O3. The second-order valence-electron chi connectivity index (χ2n) is 4.87. The minimum absolute atomic E-state index is 0.0240. The van der Waals surface area contributed by atoms with Crippen molar-refractivity contribution in [2.45, 2.75) is 6.92 Å². The quantitative estimate of drug-likeness (QED) is 0.280. The normalized spacial score (nSPS) is 17.0. The summed E-state index contributed by atoms with van der Waals surface area (Å²) in [5, 5.41) is 22.8. The van der Waals surface area contributed by atoms with Gasteiger partial charge in [0.25, 0.3) is 5.69 Å². The van der Waals surface area contributed by atoms with E-state index in [9.17, 15) is 10.1 Å². The summed E-state index contributed by atoms with van der Waals surface area (Å²) in [5.41, 5.74) is 6.37. The molecule has 0 unspecified atom stereocenters. The molecule has 114 valence electrons. The second-order valence-corrected chi connectivity index (χ2v) is 4.87. The smallest absolute Gasteiger partial charge is 0.293 e. The fourth-order valence-electron chi connectivity index (χ4n) is 2.46. The molecule has 0 aromatic heterocycles. The third kappa shape index (κ3) is 3.22. The van der Waals surface area contributed by atoms with Gasteiger partial charge in [-0.25, -0.2) is 0 Å². The van der Waals surface area contributed by atoms with Crippen LogP contribution in [0.5, 0.6) is 0 Å². The number of nitro groups is 1. The number of amidine groups is 1. The van der Waals surface area contributed by atoms with E-state index in [-0.39, 0.29) is 11.5 Å². The molecule has 0 radical (unpaired) electrons. The Morgan fingerprint density at radius 2 is 2.10 bits per heavy atom. The topological polar surface area (TPSA) is 108 Å². The maximum Gasteiger partial charge on any atom is 0.293 e. The number of oxime groups is 1. The monoisotopic (exact) mass is 293 g/mol. The first kappa shape index (κ1) is 15.0. The molecule has 1 aliphatic rings. The molecule has 1 aliphatic heterocycles. The number of piperazine rings is 1. The summed E-state index contributed by atoms with van der Waals surface area (Å²) in [6.45, 7) is 6.35. The molecule has 1 saturated heterocycles. The molecule has 0 amide bonds. The van der Waals surface area contributed by atoms with Gasteiger partial charge >= 0.3 is 0 Å². The second kappa shape index (κ2) is 6.40. The van der Waals surface area contributed by atoms with E-state index in [0.717, 1.165) is 32.7 Å². The van der Waals surface area contributed by atoms with E-state index in [4.69, 9.17) is 10.9 Å². The summed E-state index contributed by atoms with van der Waals surface area (Å²) in [7, 11) is 0. The lowest BCUT2D eigenvalue weighted by Crippen LogP contribution is -2.46. The third-order valence-electron chi connectivity index (χ3n) is 3.74. The largest absolute Gasteiger partial charge is 0.409 e. The van der Waals surface area contributed by atoms with Crippen LogP contribution in [-0.2, 0) is 0 Å². The number of benzene rings is 1. The molecule has 1 aromatic rings. The van der Waals surface area contributed by atoms with Gasteiger partial charge in [-0.2, -0.15) is 0 Å². The number of likely N-dealkylation sites (N-methyl/N-ethyl adjacent to an activating group) is 1. The maximum absolute atomic E-state index is 11.3. The van der Waals surface area contributed by atoms with Crippen molar-refractivity contribution in [3.63, 3.8) is 0 Å². The van der Waals surface area contributed by atoms with Gasteiger partial charge in [-0.15, -0.1) is 0 Å². The zero-order valence-corrected chi connectivity index (χ0v) is 11.9. The van der Waals surface area contributed by atoms with Gasteiger partial charge < -0.3 is 20.7 Å². The van der Waals surface area contributed by atoms with Gasteiger partial charge in [-0.3, -0.25) is 10.1 Å². The Morgan fingerprint density at radius 3 is 2.62 bits per heavy atom. The zero-order valence-electron chi connectivity index (χ0n) is 11.9. The lowest BCUT2D eigenvalue weighted by Gasteiger charge is -2.35. The molecule has 0 aliphatic carbocycles. The lowest BCUT2D eigenvalue weighted by molar-refractivity contribution is -0.384. The third-order valence-corrected chi connectivity index (χ3v) is 3.74. The van der Waals surface area contributed by atoms with Crippen LogP contribution in [0.25, 0.3) is 0 Å². The number of nitrogens with two attached hydrogens (primary N) is 1. The van der Waals surface area contributed by atoms with Crippen LogP contribution in [0.15, 0.2) is 23.4 Å². The highest BCUT2D eigenvalue weighted by atomic mass is 16.6. The Labute approximate surface area is 122 Å². The minimum atomic E-state index is -0.435. The number of hydrogen-bond acceptors (Lipinski definition) is 6. The van der Waals surface area contributed by atoms with Crippen LogP contribution in [0.4, 0.5) is 11.4 Å². The molecule has 3 N–H and O–H groups in total. The first-order valence-corrected chi connectivity index (χ1v) is 6.80. The molecule has 2 rings (SSSR count). The van der Waals surface area contributed by atoms with Crippen molar-refractivity contribution in [3.8, 4) is 0 Å². The Morgan fingerprint density at radius 1 is 1.43 bits per heavy atom. The Bertz CT molecular complexity index is 553. The first-order chi connectivity index (χ1) is 10.1. The van der Waals surface area contributed by atoms with Crippen LogP contribution < -0.4 is 10.6 Å². The molecule has 0 bridgehead atoms. The van der Waals surface area contributed by atoms with Crippen molar-refractivity contribution in [2.75, 3.05) is 37.6 Å². The van der Waals surface area contributed by atoms with Gasteiger partial charge in [0.05, 0.1) is 4.92 Å². The average Bonchev–Trinajstić information content (AvgIpc) is 2.53. The van der Waals surface area contributed by atoms with Gasteiger partial charge in [0, 0.05) is 37.8 Å². The predicted molar refractivity (Wildman–Crippen MR) is 79.9 cm³/mol. The lowest BCUT2D eigenvalue weighted by atomic mass is 10.1. The summed E-state index contributed by atoms with van der Waals surface area (Å²) in [6.07, 6.45) is 0. The molecule has 8 nitrogen and oxygen atoms in total. The van der Waals surface area contributed by atoms with Crippen molar-refractivity contribution >= 4 is 17.2 Å². The molecule has 8 heteroatoms. The van der Waals surface area contributed by atoms with Gasteiger partial charge in [-0.05, 0) is 18.7 Å². The Balaban J connectivity index is 2.29. The van der Waals surface area contributed by atoms with E-state index in [1.54, 1.807) is 12.1 Å². The SMILES string of the molecule is CCN1CCN(c2ccc(C(N)=NO)cc2[N+](=O)[O-])CC1. The molecule has 0 saturated carbocycles. The first-order valence-electron chi connectivity index (χ1n) is 6.80. The number of anilines is 1. The predicted octanol–water partition coefficient (Wildman–Crippen LogP) is 0.831. The molecule has 1 heterocycles. The van der Waals surface area contributed by atoms with Crippen LogP contribution in [0.2, 0.25) is 0 Å². The summed E-state index contributed by atoms with van der Waals surface area (Å²) < 4.78 is 0. The molecule has 1 aromatic carbocycles. The van der Waals surface area contributed by atoms with E-state index in [1.165, 1.54) is 6.07 Å². The molecule has 0 atom stereocenters. The summed E-state index contributed by atoms with van der Waals surface area (Å²) in [6, 6.07) is 4.63. The molecular weight excluding hydrogens is 274 g/mol.